The first-order valence-electron chi connectivity index (χ1n) is 11.6. The second kappa shape index (κ2) is 11.2. The summed E-state index contributed by atoms with van der Waals surface area (Å²) in [7, 11) is 3.96. The van der Waals surface area contributed by atoms with Crippen LogP contribution in [0.15, 0.2) is 96.6 Å². The number of amides is 1. The van der Waals surface area contributed by atoms with Gasteiger partial charge >= 0.3 is 5.97 Å². The van der Waals surface area contributed by atoms with Gasteiger partial charge in [-0.2, -0.15) is 0 Å². The number of aromatic carboxylic acids is 1. The molecule has 0 aliphatic heterocycles. The summed E-state index contributed by atoms with van der Waals surface area (Å²) >= 11 is 0. The van der Waals surface area contributed by atoms with Crippen LogP contribution in [-0.4, -0.2) is 37.7 Å². The Balaban J connectivity index is 1.54. The van der Waals surface area contributed by atoms with Crippen molar-refractivity contribution < 1.29 is 19.4 Å². The number of rotatable bonds is 9. The van der Waals surface area contributed by atoms with Crippen molar-refractivity contribution in [3.63, 3.8) is 0 Å². The van der Waals surface area contributed by atoms with Crippen molar-refractivity contribution in [3.05, 3.63) is 113 Å². The van der Waals surface area contributed by atoms with Crippen molar-refractivity contribution in [2.24, 2.45) is 0 Å². The Kier molecular flexibility index (Phi) is 7.66. The van der Waals surface area contributed by atoms with Gasteiger partial charge < -0.3 is 20.1 Å². The van der Waals surface area contributed by atoms with E-state index in [2.05, 4.69) is 5.32 Å². The fourth-order valence-corrected chi connectivity index (χ4v) is 3.78. The molecule has 0 bridgehead atoms. The van der Waals surface area contributed by atoms with Crippen molar-refractivity contribution in [2.75, 3.05) is 25.6 Å². The first kappa shape index (κ1) is 24.5. The molecule has 36 heavy (non-hydrogen) atoms. The third kappa shape index (κ3) is 6.10. The van der Waals surface area contributed by atoms with Gasteiger partial charge in [0, 0.05) is 31.7 Å². The smallest absolute Gasteiger partial charge is 0.335 e. The van der Waals surface area contributed by atoms with E-state index >= 15 is 0 Å². The maximum Gasteiger partial charge on any atom is 0.335 e. The van der Waals surface area contributed by atoms with Gasteiger partial charge in [0.05, 0.1) is 11.1 Å². The number of hydrogen-bond donors (Lipinski definition) is 2. The molecule has 0 aliphatic rings. The van der Waals surface area contributed by atoms with Gasteiger partial charge in [0.15, 0.2) is 0 Å². The van der Waals surface area contributed by atoms with Crippen molar-refractivity contribution in [1.82, 2.24) is 5.32 Å². The monoisotopic (exact) mass is 480 g/mol. The summed E-state index contributed by atoms with van der Waals surface area (Å²) < 4.78 is 6.10. The van der Waals surface area contributed by atoms with Gasteiger partial charge in [0.2, 0.25) is 0 Å². The minimum atomic E-state index is -0.997. The molecule has 2 N–H and O–H groups in total. The summed E-state index contributed by atoms with van der Waals surface area (Å²) in [6.07, 6.45) is 1.72. The third-order valence-corrected chi connectivity index (χ3v) is 5.83. The lowest BCUT2D eigenvalue weighted by molar-refractivity contribution is -0.117. The molecule has 0 radical (unpaired) electrons. The normalized spacial score (nSPS) is 11.2. The molecule has 182 valence electrons. The molecule has 6 heteroatoms. The zero-order valence-corrected chi connectivity index (χ0v) is 20.3. The molecule has 0 saturated carbocycles. The molecule has 0 atom stereocenters. The van der Waals surface area contributed by atoms with Gasteiger partial charge in [-0.3, -0.25) is 4.79 Å². The fourth-order valence-electron chi connectivity index (χ4n) is 3.78. The molecule has 0 heterocycles. The quantitative estimate of drug-likeness (QED) is 0.314. The van der Waals surface area contributed by atoms with Crippen molar-refractivity contribution >= 4 is 34.4 Å². The highest BCUT2D eigenvalue weighted by Crippen LogP contribution is 2.26. The summed E-state index contributed by atoms with van der Waals surface area (Å²) in [4.78, 5) is 26.4. The number of carboxylic acid groups (broad SMARTS) is 1. The third-order valence-electron chi connectivity index (χ3n) is 5.83. The van der Waals surface area contributed by atoms with E-state index in [9.17, 15) is 9.59 Å². The second-order valence-electron chi connectivity index (χ2n) is 8.61. The molecule has 6 nitrogen and oxygen atoms in total. The summed E-state index contributed by atoms with van der Waals surface area (Å²) in [5.41, 5.74) is 3.39. The average Bonchev–Trinajstić information content (AvgIpc) is 2.90. The van der Waals surface area contributed by atoms with E-state index in [1.807, 2.05) is 85.7 Å². The van der Waals surface area contributed by atoms with Crippen LogP contribution in [0, 0.1) is 0 Å². The van der Waals surface area contributed by atoms with Crippen LogP contribution in [0.25, 0.3) is 16.8 Å². The minimum Gasteiger partial charge on any atom is -0.488 e. The lowest BCUT2D eigenvalue weighted by Crippen LogP contribution is -2.27. The maximum atomic E-state index is 13.2. The largest absolute Gasteiger partial charge is 0.488 e. The zero-order chi connectivity index (χ0) is 25.5. The number of anilines is 1. The Morgan fingerprint density at radius 3 is 2.28 bits per heavy atom. The molecule has 0 unspecified atom stereocenters. The fraction of sp³-hybridized carbons (Fsp3) is 0.133. The number of nitrogens with one attached hydrogen (secondary N) is 1. The van der Waals surface area contributed by atoms with Crippen LogP contribution in [0.4, 0.5) is 5.69 Å². The van der Waals surface area contributed by atoms with Gasteiger partial charge in [0.1, 0.15) is 12.4 Å². The van der Waals surface area contributed by atoms with E-state index in [0.717, 1.165) is 22.0 Å². The zero-order valence-electron chi connectivity index (χ0n) is 20.3. The number of carbonyl (C=O) groups excluding carboxylic acids is 1. The van der Waals surface area contributed by atoms with Crippen LogP contribution in [0.5, 0.6) is 5.75 Å². The standard InChI is InChI=1S/C30H28N2O4/c1-32(2)26-16-12-22(13-17-26)19-31-29(33)25(18-21-10-14-24(15-11-21)30(34)35)20-36-28-9-5-7-23-6-3-4-8-27(23)28/h3-18H,19-20H2,1-2H3,(H,31,33)(H,34,35). The molecular formula is C30H28N2O4. The van der Waals surface area contributed by atoms with Crippen LogP contribution in [0.3, 0.4) is 0 Å². The van der Waals surface area contributed by atoms with Crippen LogP contribution in [0.2, 0.25) is 0 Å². The molecule has 0 fully saturated rings. The molecule has 0 spiro atoms. The van der Waals surface area contributed by atoms with Crippen molar-refractivity contribution in [2.45, 2.75) is 6.54 Å². The molecule has 4 rings (SSSR count). The Bertz CT molecular complexity index is 1390. The predicted octanol–water partition coefficient (Wildman–Crippen LogP) is 5.38. The Labute approximate surface area is 210 Å². The predicted molar refractivity (Wildman–Crippen MR) is 143 cm³/mol. The topological polar surface area (TPSA) is 78.9 Å². The summed E-state index contributed by atoms with van der Waals surface area (Å²) in [6, 6.07) is 28.1. The number of fused-ring (bicyclic) bond motifs is 1. The van der Waals surface area contributed by atoms with E-state index in [-0.39, 0.29) is 18.1 Å². The van der Waals surface area contributed by atoms with Crippen LogP contribution < -0.4 is 15.0 Å². The Morgan fingerprint density at radius 1 is 0.889 bits per heavy atom. The van der Waals surface area contributed by atoms with E-state index in [4.69, 9.17) is 9.84 Å². The molecular weight excluding hydrogens is 452 g/mol. The first-order valence-corrected chi connectivity index (χ1v) is 11.6. The number of ether oxygens (including phenoxy) is 1. The number of benzene rings is 4. The van der Waals surface area contributed by atoms with E-state index in [0.29, 0.717) is 23.4 Å². The highest BCUT2D eigenvalue weighted by atomic mass is 16.5. The number of carbonyl (C=O) groups is 2. The van der Waals surface area contributed by atoms with Crippen molar-refractivity contribution in [3.8, 4) is 5.75 Å². The van der Waals surface area contributed by atoms with Gasteiger partial charge in [-0.1, -0.05) is 60.7 Å². The van der Waals surface area contributed by atoms with Gasteiger partial charge in [-0.25, -0.2) is 4.79 Å². The highest BCUT2D eigenvalue weighted by Gasteiger charge is 2.13. The van der Waals surface area contributed by atoms with Crippen molar-refractivity contribution in [1.29, 1.82) is 0 Å². The van der Waals surface area contributed by atoms with Gasteiger partial charge in [-0.05, 0) is 52.9 Å². The summed E-state index contributed by atoms with van der Waals surface area (Å²) in [5.74, 6) is -0.565. The molecule has 4 aromatic carbocycles. The van der Waals surface area contributed by atoms with E-state index in [1.54, 1.807) is 18.2 Å². The Hall–Kier alpha value is -4.58. The first-order chi connectivity index (χ1) is 17.4. The lowest BCUT2D eigenvalue weighted by Gasteiger charge is -2.14. The molecule has 0 aromatic heterocycles. The Morgan fingerprint density at radius 2 is 1.58 bits per heavy atom. The second-order valence-corrected chi connectivity index (χ2v) is 8.61. The number of nitrogens with zero attached hydrogens (tertiary/aromatic N) is 1. The molecule has 0 saturated heterocycles. The van der Waals surface area contributed by atoms with E-state index < -0.39 is 5.97 Å². The number of hydrogen-bond acceptors (Lipinski definition) is 4. The molecule has 1 amide bonds. The lowest BCUT2D eigenvalue weighted by atomic mass is 10.1. The minimum absolute atomic E-state index is 0.0556. The van der Waals surface area contributed by atoms with Crippen LogP contribution >= 0.6 is 0 Å². The highest BCUT2D eigenvalue weighted by molar-refractivity contribution is 5.98. The summed E-state index contributed by atoms with van der Waals surface area (Å²) in [6.45, 7) is 0.427. The average molecular weight is 481 g/mol. The summed E-state index contributed by atoms with van der Waals surface area (Å²) in [5, 5.41) is 14.2. The number of carboxylic acids is 1. The van der Waals surface area contributed by atoms with Gasteiger partial charge in [0.25, 0.3) is 5.91 Å². The van der Waals surface area contributed by atoms with E-state index in [1.165, 1.54) is 12.1 Å². The van der Waals surface area contributed by atoms with Gasteiger partial charge in [-0.15, -0.1) is 0 Å². The molecule has 0 aliphatic carbocycles. The van der Waals surface area contributed by atoms with Crippen LogP contribution in [0.1, 0.15) is 21.5 Å². The maximum absolute atomic E-state index is 13.2. The SMILES string of the molecule is CN(C)c1ccc(CNC(=O)C(=Cc2ccc(C(=O)O)cc2)COc2cccc3ccccc23)cc1. The van der Waals surface area contributed by atoms with Crippen LogP contribution in [-0.2, 0) is 11.3 Å². The molecule has 4 aromatic rings.